The molecule has 2 fully saturated rings. The fourth-order valence-electron chi connectivity index (χ4n) is 8.10. The van der Waals surface area contributed by atoms with Crippen molar-refractivity contribution in [3.8, 4) is 0 Å². The van der Waals surface area contributed by atoms with Gasteiger partial charge < -0.3 is 14.8 Å². The molecule has 2 rings (SSSR count). The summed E-state index contributed by atoms with van der Waals surface area (Å²) in [5.41, 5.74) is -0.00461. The van der Waals surface area contributed by atoms with Crippen LogP contribution in [0.1, 0.15) is 245 Å². The molecule has 0 amide bonds. The first-order chi connectivity index (χ1) is 22.7. The van der Waals surface area contributed by atoms with Crippen LogP contribution in [-0.4, -0.2) is 31.1 Å². The van der Waals surface area contributed by atoms with Crippen LogP contribution < -0.4 is 5.32 Å². The Morgan fingerprint density at radius 2 is 0.674 bits per heavy atom. The van der Waals surface area contributed by atoms with Gasteiger partial charge in [0.05, 0.1) is 12.2 Å². The molecular formula is C43H85NO2. The number of hydrogen-bond donors (Lipinski definition) is 1. The van der Waals surface area contributed by atoms with Crippen LogP contribution in [0.4, 0.5) is 0 Å². The predicted octanol–water partition coefficient (Wildman–Crippen LogP) is 14.2. The van der Waals surface area contributed by atoms with Gasteiger partial charge in [-0.2, -0.15) is 0 Å². The van der Waals surface area contributed by atoms with Crippen molar-refractivity contribution in [2.75, 3.05) is 19.7 Å². The Labute approximate surface area is 290 Å². The van der Waals surface area contributed by atoms with E-state index in [0.717, 1.165) is 45.4 Å². The number of nitrogens with one attached hydrogen (secondary N) is 1. The minimum absolute atomic E-state index is 0.00461. The van der Waals surface area contributed by atoms with E-state index in [4.69, 9.17) is 9.47 Å². The zero-order valence-electron chi connectivity index (χ0n) is 31.9. The summed E-state index contributed by atoms with van der Waals surface area (Å²) < 4.78 is 13.6. The molecule has 2 heterocycles. The van der Waals surface area contributed by atoms with Gasteiger partial charge >= 0.3 is 0 Å². The summed E-state index contributed by atoms with van der Waals surface area (Å²) >= 11 is 0. The maximum Gasteiger partial charge on any atom is 0.169 e. The molecular weight excluding hydrogens is 562 g/mol. The lowest BCUT2D eigenvalue weighted by atomic mass is 9.93. The molecule has 0 aromatic carbocycles. The van der Waals surface area contributed by atoms with Crippen molar-refractivity contribution >= 4 is 0 Å². The average Bonchev–Trinajstić information content (AvgIpc) is 3.41. The Bertz CT molecular complexity index is 594. The fourth-order valence-corrected chi connectivity index (χ4v) is 8.10. The SMILES string of the molecule is CCCCCCCCCCCCCCCCCCC1(CCCCCCCCCCCCCCCCCC)OCC2(CCNCC2)O1. The Morgan fingerprint density at radius 3 is 0.978 bits per heavy atom. The van der Waals surface area contributed by atoms with Gasteiger partial charge in [0.2, 0.25) is 0 Å². The van der Waals surface area contributed by atoms with Gasteiger partial charge in [0.15, 0.2) is 5.79 Å². The van der Waals surface area contributed by atoms with Crippen LogP contribution in [0.5, 0.6) is 0 Å². The van der Waals surface area contributed by atoms with Crippen molar-refractivity contribution in [3.05, 3.63) is 0 Å². The molecule has 1 N–H and O–H groups in total. The molecule has 2 saturated heterocycles. The zero-order chi connectivity index (χ0) is 32.7. The van der Waals surface area contributed by atoms with Gasteiger partial charge in [-0.05, 0) is 38.8 Å². The van der Waals surface area contributed by atoms with Crippen molar-refractivity contribution in [2.45, 2.75) is 256 Å². The van der Waals surface area contributed by atoms with Crippen LogP contribution in [0, 0.1) is 0 Å². The zero-order valence-corrected chi connectivity index (χ0v) is 31.9. The minimum Gasteiger partial charge on any atom is -0.347 e. The molecule has 0 aliphatic carbocycles. The lowest BCUT2D eigenvalue weighted by Gasteiger charge is -2.35. The molecule has 3 heteroatoms. The van der Waals surface area contributed by atoms with Crippen LogP contribution in [0.25, 0.3) is 0 Å². The van der Waals surface area contributed by atoms with Gasteiger partial charge in [-0.1, -0.05) is 206 Å². The molecule has 2 aliphatic rings. The summed E-state index contributed by atoms with van der Waals surface area (Å²) in [7, 11) is 0. The highest BCUT2D eigenvalue weighted by Gasteiger charge is 2.49. The fraction of sp³-hybridized carbons (Fsp3) is 1.00. The second-order valence-electron chi connectivity index (χ2n) is 15.8. The molecule has 0 aromatic rings. The van der Waals surface area contributed by atoms with E-state index in [-0.39, 0.29) is 11.4 Å². The van der Waals surface area contributed by atoms with Gasteiger partial charge in [-0.15, -0.1) is 0 Å². The van der Waals surface area contributed by atoms with Crippen LogP contribution in [0.3, 0.4) is 0 Å². The van der Waals surface area contributed by atoms with Crippen molar-refractivity contribution < 1.29 is 9.47 Å². The number of hydrogen-bond acceptors (Lipinski definition) is 3. The van der Waals surface area contributed by atoms with Crippen molar-refractivity contribution in [2.24, 2.45) is 0 Å². The molecule has 0 atom stereocenters. The monoisotopic (exact) mass is 648 g/mol. The van der Waals surface area contributed by atoms with Crippen LogP contribution in [0.15, 0.2) is 0 Å². The second-order valence-corrected chi connectivity index (χ2v) is 15.8. The van der Waals surface area contributed by atoms with E-state index < -0.39 is 0 Å². The largest absolute Gasteiger partial charge is 0.347 e. The predicted molar refractivity (Wildman–Crippen MR) is 203 cm³/mol. The average molecular weight is 648 g/mol. The summed E-state index contributed by atoms with van der Waals surface area (Å²) in [5.74, 6) is -0.288. The van der Waals surface area contributed by atoms with Gasteiger partial charge in [0.1, 0.15) is 0 Å². The van der Waals surface area contributed by atoms with E-state index >= 15 is 0 Å². The Balaban J connectivity index is 1.47. The van der Waals surface area contributed by atoms with E-state index in [1.54, 1.807) is 0 Å². The molecule has 0 aromatic heterocycles. The first-order valence-electron chi connectivity index (χ1n) is 21.8. The van der Waals surface area contributed by atoms with Crippen LogP contribution in [0.2, 0.25) is 0 Å². The van der Waals surface area contributed by atoms with Gasteiger partial charge in [0.25, 0.3) is 0 Å². The van der Waals surface area contributed by atoms with Gasteiger partial charge in [-0.25, -0.2) is 0 Å². The maximum absolute atomic E-state index is 6.96. The Hall–Kier alpha value is -0.120. The standard InChI is InChI=1S/C43H85NO2/c1-3-5-7-9-11-13-15-17-19-21-23-25-27-29-31-33-35-43(45-41-42(46-43)37-39-44-40-38-42)36-34-32-30-28-26-24-22-20-18-16-14-12-10-8-6-4-2/h44H,3-41H2,1-2H3. The lowest BCUT2D eigenvalue weighted by molar-refractivity contribution is -0.201. The molecule has 0 unspecified atom stereocenters. The molecule has 274 valence electrons. The highest BCUT2D eigenvalue weighted by Crippen LogP contribution is 2.43. The highest BCUT2D eigenvalue weighted by molar-refractivity contribution is 4.94. The molecule has 0 bridgehead atoms. The summed E-state index contributed by atoms with van der Waals surface area (Å²) in [6, 6.07) is 0. The van der Waals surface area contributed by atoms with E-state index in [1.165, 1.54) is 205 Å². The summed E-state index contributed by atoms with van der Waals surface area (Å²) in [5, 5.41) is 3.53. The number of ether oxygens (including phenoxy) is 2. The van der Waals surface area contributed by atoms with Gasteiger partial charge in [-0.3, -0.25) is 0 Å². The van der Waals surface area contributed by atoms with E-state index in [9.17, 15) is 0 Å². The number of unbranched alkanes of at least 4 members (excludes halogenated alkanes) is 30. The van der Waals surface area contributed by atoms with Crippen LogP contribution >= 0.6 is 0 Å². The normalized spacial score (nSPS) is 17.3. The molecule has 46 heavy (non-hydrogen) atoms. The van der Waals surface area contributed by atoms with Crippen molar-refractivity contribution in [3.63, 3.8) is 0 Å². The van der Waals surface area contributed by atoms with E-state index in [2.05, 4.69) is 19.2 Å². The number of piperidine rings is 1. The first-order valence-corrected chi connectivity index (χ1v) is 21.8. The van der Waals surface area contributed by atoms with Crippen LogP contribution in [-0.2, 0) is 9.47 Å². The molecule has 0 saturated carbocycles. The summed E-state index contributed by atoms with van der Waals surface area (Å²) in [4.78, 5) is 0. The Kier molecular flexibility index (Phi) is 27.2. The molecule has 0 radical (unpaired) electrons. The van der Waals surface area contributed by atoms with Crippen molar-refractivity contribution in [1.82, 2.24) is 5.32 Å². The minimum atomic E-state index is -0.288. The second kappa shape index (κ2) is 29.8. The number of rotatable bonds is 34. The quantitative estimate of drug-likeness (QED) is 0.0705. The molecule has 3 nitrogen and oxygen atoms in total. The maximum atomic E-state index is 6.96. The topological polar surface area (TPSA) is 30.5 Å². The third kappa shape index (κ3) is 21.8. The third-order valence-electron chi connectivity index (χ3n) is 11.3. The lowest BCUT2D eigenvalue weighted by Crippen LogP contribution is -2.45. The van der Waals surface area contributed by atoms with Gasteiger partial charge in [0, 0.05) is 12.8 Å². The van der Waals surface area contributed by atoms with E-state index in [1.807, 2.05) is 0 Å². The highest BCUT2D eigenvalue weighted by atomic mass is 16.8. The third-order valence-corrected chi connectivity index (χ3v) is 11.3. The Morgan fingerprint density at radius 1 is 0.391 bits per heavy atom. The van der Waals surface area contributed by atoms with E-state index in [0.29, 0.717) is 0 Å². The molecule has 2 aliphatic heterocycles. The first kappa shape index (κ1) is 42.0. The van der Waals surface area contributed by atoms with Crippen molar-refractivity contribution in [1.29, 1.82) is 0 Å². The smallest absolute Gasteiger partial charge is 0.169 e. The summed E-state index contributed by atoms with van der Waals surface area (Å²) in [6.45, 7) is 7.60. The summed E-state index contributed by atoms with van der Waals surface area (Å²) in [6.07, 6.45) is 50.1. The molecule has 1 spiro atoms.